The normalized spacial score (nSPS) is 13.6. The Hall–Kier alpha value is -7.18. The molecule has 0 unspecified atom stereocenters. The van der Waals surface area contributed by atoms with Gasteiger partial charge < -0.3 is 39.0 Å². The van der Waals surface area contributed by atoms with Crippen LogP contribution in [0, 0.1) is 0 Å². The molecule has 77 heavy (non-hydrogen) atoms. The first-order valence-corrected chi connectivity index (χ1v) is 27.2. The van der Waals surface area contributed by atoms with Gasteiger partial charge in [-0.1, -0.05) is 80.0 Å². The summed E-state index contributed by atoms with van der Waals surface area (Å²) in [7, 11) is 7.77. The van der Waals surface area contributed by atoms with Crippen LogP contribution in [0.25, 0.3) is 55.7 Å². The van der Waals surface area contributed by atoms with E-state index in [2.05, 4.69) is 124 Å². The summed E-state index contributed by atoms with van der Waals surface area (Å²) in [4.78, 5) is 42.0. The van der Waals surface area contributed by atoms with Crippen molar-refractivity contribution in [1.29, 1.82) is 0 Å². The Morgan fingerprint density at radius 2 is 1.00 bits per heavy atom. The molecule has 2 saturated heterocycles. The van der Waals surface area contributed by atoms with Gasteiger partial charge in [0.2, 0.25) is 0 Å². The third kappa shape index (κ3) is 12.8. The number of carbonyl (C=O) groups excluding carboxylic acids is 2. The summed E-state index contributed by atoms with van der Waals surface area (Å²) < 4.78 is 26.3. The maximum absolute atomic E-state index is 12.9. The van der Waals surface area contributed by atoms with Crippen LogP contribution in [0.5, 0.6) is 0 Å². The van der Waals surface area contributed by atoms with Gasteiger partial charge in [0.25, 0.3) is 0 Å². The molecule has 0 aliphatic carbocycles. The number of hydrogen-bond donors (Lipinski definition) is 1. The number of nitrogens with zero attached hydrogens (tertiary/aromatic N) is 9. The van der Waals surface area contributed by atoms with E-state index in [0.29, 0.717) is 11.3 Å². The van der Waals surface area contributed by atoms with E-state index in [4.69, 9.17) is 39.1 Å². The molecule has 17 heteroatoms. The number of halogens is 1. The second-order valence-corrected chi connectivity index (χ2v) is 20.5. The van der Waals surface area contributed by atoms with E-state index in [1.165, 1.54) is 0 Å². The minimum Gasteiger partial charge on any atom is -0.461 e. The quantitative estimate of drug-likeness (QED) is 0.109. The van der Waals surface area contributed by atoms with Crippen LogP contribution < -0.4 is 20.0 Å². The molecule has 16 nitrogen and oxygen atoms in total. The standard InChI is InChI=1S/C30H35N5O3.C28H29BrN4O3.C2H7N/c1-6-38-30(36)26-19-25(21-10-12-22(13-11-21)34-14-16-37-17-15-34)27-28(20(2)3)32-35(29(27)31-26)24-9-7-8-23(18-24)33(4)5;1-4-36-28(34)24-17-23(19-8-10-21(11-9-19)32-12-14-35-15-13-32)25-26(18(2)3)31-33(27(25)30-24)22-7-5-6-20(29)16-22;1-3-2/h7-13,18-20H,6,14-17H2,1-5H3;5-11,16-18H,4,12-15H2,1-3H3;3H,1-2H3. The number of fused-ring (bicyclic) bond motifs is 2. The van der Waals surface area contributed by atoms with Crippen LogP contribution in [0.2, 0.25) is 0 Å². The number of carbonyl (C=O) groups is 2. The van der Waals surface area contributed by atoms with Crippen molar-refractivity contribution < 1.29 is 28.5 Å². The molecule has 10 rings (SSSR count). The van der Waals surface area contributed by atoms with E-state index in [1.807, 2.05) is 86.1 Å². The van der Waals surface area contributed by atoms with Gasteiger partial charge >= 0.3 is 11.9 Å². The molecule has 0 radical (unpaired) electrons. The molecule has 4 aromatic carbocycles. The van der Waals surface area contributed by atoms with Crippen molar-refractivity contribution in [3.05, 3.63) is 136 Å². The first-order valence-electron chi connectivity index (χ1n) is 26.4. The van der Waals surface area contributed by atoms with Crippen molar-refractivity contribution >= 4 is 67.0 Å². The summed E-state index contributed by atoms with van der Waals surface area (Å²) in [5.41, 5.74) is 12.6. The lowest BCUT2D eigenvalue weighted by Crippen LogP contribution is -2.36. The molecule has 4 aromatic heterocycles. The Bertz CT molecular complexity index is 3290. The monoisotopic (exact) mass is 1110 g/mol. The fourth-order valence-corrected chi connectivity index (χ4v) is 9.77. The zero-order valence-corrected chi connectivity index (χ0v) is 47.6. The number of aromatic nitrogens is 6. The van der Waals surface area contributed by atoms with Crippen LogP contribution in [-0.4, -0.2) is 135 Å². The highest BCUT2D eigenvalue weighted by Gasteiger charge is 2.26. The molecule has 0 bridgehead atoms. The fraction of sp³-hybridized carbons (Fsp3) is 0.367. The van der Waals surface area contributed by atoms with Gasteiger partial charge in [-0.05, 0) is 135 Å². The molecule has 0 saturated carbocycles. The lowest BCUT2D eigenvalue weighted by atomic mass is 9.97. The molecule has 2 aliphatic heterocycles. The van der Waals surface area contributed by atoms with Crippen LogP contribution in [0.4, 0.5) is 17.1 Å². The van der Waals surface area contributed by atoms with Gasteiger partial charge in [-0.3, -0.25) is 0 Å². The molecule has 2 aliphatic rings. The molecule has 1 N–H and O–H groups in total. The SMILES string of the molecule is CCOC(=O)c1cc(-c2ccc(N3CCOCC3)cc2)c2c(C(C)C)nn(-c3cccc(Br)c3)c2n1.CCOC(=O)c1cc(-c2ccc(N3CCOCC3)cc2)c2c(C(C)C)nn(-c3cccc(N(C)C)c3)c2n1.CNC. The van der Waals surface area contributed by atoms with Gasteiger partial charge in [-0.15, -0.1) is 0 Å². The average molecular weight is 1110 g/mol. The Morgan fingerprint density at radius 1 is 0.597 bits per heavy atom. The lowest BCUT2D eigenvalue weighted by molar-refractivity contribution is 0.0510. The zero-order valence-electron chi connectivity index (χ0n) is 46.0. The number of hydrogen-bond acceptors (Lipinski definition) is 14. The van der Waals surface area contributed by atoms with Crippen molar-refractivity contribution in [3.8, 4) is 33.6 Å². The average Bonchev–Trinajstić information content (AvgIpc) is 4.14. The largest absolute Gasteiger partial charge is 0.461 e. The van der Waals surface area contributed by atoms with Crippen molar-refractivity contribution in [2.75, 3.05) is 109 Å². The molecular formula is C60H71BrN10O6. The summed E-state index contributed by atoms with van der Waals surface area (Å²) in [6, 6.07) is 36.7. The Kier molecular flexibility index (Phi) is 18.8. The lowest BCUT2D eigenvalue weighted by Gasteiger charge is -2.29. The molecule has 8 aromatic rings. The first-order chi connectivity index (χ1) is 37.2. The fourth-order valence-electron chi connectivity index (χ4n) is 9.39. The van der Waals surface area contributed by atoms with Crippen LogP contribution in [0.15, 0.2) is 114 Å². The van der Waals surface area contributed by atoms with Gasteiger partial charge in [0, 0.05) is 61.8 Å². The van der Waals surface area contributed by atoms with E-state index in [1.54, 1.807) is 13.8 Å². The Balaban J connectivity index is 0.000000194. The molecule has 0 spiro atoms. The molecule has 6 heterocycles. The summed E-state index contributed by atoms with van der Waals surface area (Å²) in [5, 5.41) is 14.7. The summed E-state index contributed by atoms with van der Waals surface area (Å²) >= 11 is 3.56. The molecular weight excluding hydrogens is 1040 g/mol. The van der Waals surface area contributed by atoms with E-state index in [0.717, 1.165) is 130 Å². The third-order valence-corrected chi connectivity index (χ3v) is 13.6. The van der Waals surface area contributed by atoms with E-state index in [9.17, 15) is 9.59 Å². The topological polar surface area (TPSA) is 154 Å². The van der Waals surface area contributed by atoms with Gasteiger partial charge in [0.15, 0.2) is 22.7 Å². The van der Waals surface area contributed by atoms with Gasteiger partial charge in [0.05, 0.1) is 73.2 Å². The van der Waals surface area contributed by atoms with E-state index in [-0.39, 0.29) is 36.4 Å². The van der Waals surface area contributed by atoms with Gasteiger partial charge in [0.1, 0.15) is 0 Å². The smallest absolute Gasteiger partial charge is 0.357 e. The molecule has 2 fully saturated rings. The van der Waals surface area contributed by atoms with Crippen LogP contribution in [0.1, 0.15) is 85.7 Å². The Morgan fingerprint density at radius 3 is 1.38 bits per heavy atom. The van der Waals surface area contributed by atoms with Gasteiger partial charge in [-0.25, -0.2) is 28.9 Å². The number of pyridine rings is 2. The summed E-state index contributed by atoms with van der Waals surface area (Å²) in [5.74, 6) is -0.583. The molecule has 0 amide bonds. The number of morpholine rings is 2. The highest BCUT2D eigenvalue weighted by Crippen LogP contribution is 2.39. The number of esters is 2. The molecule has 0 atom stereocenters. The van der Waals surface area contributed by atoms with Crippen molar-refractivity contribution in [2.24, 2.45) is 0 Å². The van der Waals surface area contributed by atoms with Crippen LogP contribution in [-0.2, 0) is 18.9 Å². The summed E-state index contributed by atoms with van der Waals surface area (Å²) in [6.07, 6.45) is 0. The second-order valence-electron chi connectivity index (χ2n) is 19.5. The highest BCUT2D eigenvalue weighted by atomic mass is 79.9. The molecule has 404 valence electrons. The van der Waals surface area contributed by atoms with Crippen molar-refractivity contribution in [2.45, 2.75) is 53.4 Å². The van der Waals surface area contributed by atoms with Crippen LogP contribution >= 0.6 is 15.9 Å². The minimum atomic E-state index is -0.446. The predicted molar refractivity (Wildman–Crippen MR) is 312 cm³/mol. The van der Waals surface area contributed by atoms with Gasteiger partial charge in [-0.2, -0.15) is 10.2 Å². The maximum Gasteiger partial charge on any atom is 0.357 e. The number of benzene rings is 4. The second kappa shape index (κ2) is 25.8. The number of nitrogens with one attached hydrogen (secondary N) is 1. The van der Waals surface area contributed by atoms with E-state index >= 15 is 0 Å². The minimum absolute atomic E-state index is 0.150. The number of anilines is 3. The maximum atomic E-state index is 12.9. The summed E-state index contributed by atoms with van der Waals surface area (Å²) in [6.45, 7) is 19.1. The number of rotatable bonds is 13. The third-order valence-electron chi connectivity index (χ3n) is 13.1. The Labute approximate surface area is 460 Å². The number of ether oxygens (including phenoxy) is 4. The van der Waals surface area contributed by atoms with Crippen molar-refractivity contribution in [1.82, 2.24) is 34.8 Å². The zero-order chi connectivity index (χ0) is 54.8. The first kappa shape index (κ1) is 56.0. The highest BCUT2D eigenvalue weighted by molar-refractivity contribution is 9.10. The van der Waals surface area contributed by atoms with E-state index < -0.39 is 11.9 Å². The predicted octanol–water partition coefficient (Wildman–Crippen LogP) is 11.1. The van der Waals surface area contributed by atoms with Crippen LogP contribution in [0.3, 0.4) is 0 Å². The van der Waals surface area contributed by atoms with Crippen molar-refractivity contribution in [3.63, 3.8) is 0 Å².